The topological polar surface area (TPSA) is 105 Å². The molecule has 4 aromatic carbocycles. The van der Waals surface area contributed by atoms with Crippen LogP contribution in [0.3, 0.4) is 0 Å². The van der Waals surface area contributed by atoms with Gasteiger partial charge in [0.05, 0.1) is 24.8 Å². The standard InChI is InChI=1S/C37H42BrN3O6S/c1-25(2)39-37(43)33(21-28-10-8-7-9-11-28)40(23-29-12-14-30(38)15-13-29)36(42)24-41(31-19-26(3)18-27(4)20-31)48(44,45)32-16-17-34(46-5)35(22-32)47-6/h7-20,22,25,33H,21,23-24H2,1-6H3,(H,39,43)/t33-/m1/s1. The third kappa shape index (κ3) is 9.17. The lowest BCUT2D eigenvalue weighted by atomic mass is 10.0. The summed E-state index contributed by atoms with van der Waals surface area (Å²) in [6.07, 6.45) is 0.230. The summed E-state index contributed by atoms with van der Waals surface area (Å²) in [6, 6.07) is 25.5. The van der Waals surface area contributed by atoms with E-state index in [-0.39, 0.29) is 35.6 Å². The maximum absolute atomic E-state index is 14.7. The van der Waals surface area contributed by atoms with E-state index >= 15 is 0 Å². The molecule has 0 bridgehead atoms. The van der Waals surface area contributed by atoms with Crippen molar-refractivity contribution in [3.05, 3.63) is 118 Å². The molecule has 0 unspecified atom stereocenters. The number of hydrogen-bond acceptors (Lipinski definition) is 6. The summed E-state index contributed by atoms with van der Waals surface area (Å²) in [4.78, 5) is 30.0. The molecule has 4 aromatic rings. The molecule has 0 aliphatic carbocycles. The molecular formula is C37H42BrN3O6S. The predicted molar refractivity (Wildman–Crippen MR) is 192 cm³/mol. The van der Waals surface area contributed by atoms with Gasteiger partial charge in [0.2, 0.25) is 11.8 Å². The maximum Gasteiger partial charge on any atom is 0.264 e. The molecule has 9 nitrogen and oxygen atoms in total. The maximum atomic E-state index is 14.7. The Morgan fingerprint density at radius 3 is 2.02 bits per heavy atom. The van der Waals surface area contributed by atoms with E-state index in [1.807, 2.05) is 88.4 Å². The minimum Gasteiger partial charge on any atom is -0.493 e. The number of carbonyl (C=O) groups is 2. The first-order valence-corrected chi connectivity index (χ1v) is 17.8. The Morgan fingerprint density at radius 2 is 1.44 bits per heavy atom. The van der Waals surface area contributed by atoms with Crippen molar-refractivity contribution in [3.8, 4) is 11.5 Å². The molecule has 1 atom stereocenters. The van der Waals surface area contributed by atoms with Gasteiger partial charge in [-0.2, -0.15) is 0 Å². The predicted octanol–water partition coefficient (Wildman–Crippen LogP) is 6.44. The van der Waals surface area contributed by atoms with Crippen LogP contribution in [0, 0.1) is 13.8 Å². The van der Waals surface area contributed by atoms with Crippen LogP contribution >= 0.6 is 15.9 Å². The quantitative estimate of drug-likeness (QED) is 0.160. The third-order valence-electron chi connectivity index (χ3n) is 7.68. The summed E-state index contributed by atoms with van der Waals surface area (Å²) in [6.45, 7) is 6.96. The molecule has 0 saturated carbocycles. The zero-order valence-electron chi connectivity index (χ0n) is 28.1. The molecule has 0 spiro atoms. The Morgan fingerprint density at radius 1 is 0.812 bits per heavy atom. The van der Waals surface area contributed by atoms with E-state index in [0.717, 1.165) is 31.0 Å². The van der Waals surface area contributed by atoms with E-state index in [4.69, 9.17) is 9.47 Å². The average molecular weight is 737 g/mol. The molecule has 0 aliphatic heterocycles. The Hall–Kier alpha value is -4.35. The number of ether oxygens (including phenoxy) is 2. The number of anilines is 1. The molecule has 48 heavy (non-hydrogen) atoms. The summed E-state index contributed by atoms with van der Waals surface area (Å²) in [5.74, 6) is -0.275. The molecule has 2 amide bonds. The summed E-state index contributed by atoms with van der Waals surface area (Å²) in [5.41, 5.74) is 3.62. The number of rotatable bonds is 14. The van der Waals surface area contributed by atoms with Crippen LogP contribution in [0.4, 0.5) is 5.69 Å². The van der Waals surface area contributed by atoms with E-state index in [2.05, 4.69) is 21.2 Å². The molecule has 254 valence electrons. The van der Waals surface area contributed by atoms with Gasteiger partial charge in [-0.25, -0.2) is 8.42 Å². The fourth-order valence-electron chi connectivity index (χ4n) is 5.45. The molecule has 11 heteroatoms. The number of nitrogens with zero attached hydrogens (tertiary/aromatic N) is 2. The van der Waals surface area contributed by atoms with Crippen LogP contribution in [-0.2, 0) is 32.6 Å². The van der Waals surface area contributed by atoms with Gasteiger partial charge in [0, 0.05) is 29.5 Å². The van der Waals surface area contributed by atoms with Crippen molar-refractivity contribution < 1.29 is 27.5 Å². The molecule has 1 N–H and O–H groups in total. The molecule has 0 heterocycles. The van der Waals surface area contributed by atoms with Crippen molar-refractivity contribution in [2.75, 3.05) is 25.1 Å². The lowest BCUT2D eigenvalue weighted by Gasteiger charge is -2.34. The molecular weight excluding hydrogens is 694 g/mol. The molecule has 0 saturated heterocycles. The largest absolute Gasteiger partial charge is 0.493 e. The highest BCUT2D eigenvalue weighted by Gasteiger charge is 2.35. The fraction of sp³-hybridized carbons (Fsp3) is 0.297. The first-order chi connectivity index (χ1) is 22.8. The van der Waals surface area contributed by atoms with Gasteiger partial charge >= 0.3 is 0 Å². The van der Waals surface area contributed by atoms with Crippen molar-refractivity contribution in [1.29, 1.82) is 0 Å². The van der Waals surface area contributed by atoms with Crippen LogP contribution in [0.15, 0.2) is 100 Å². The Labute approximate surface area is 292 Å². The summed E-state index contributed by atoms with van der Waals surface area (Å²) >= 11 is 3.46. The van der Waals surface area contributed by atoms with Crippen LogP contribution in [0.5, 0.6) is 11.5 Å². The molecule has 0 radical (unpaired) electrons. The van der Waals surface area contributed by atoms with E-state index in [9.17, 15) is 18.0 Å². The Bertz CT molecular complexity index is 1810. The zero-order chi connectivity index (χ0) is 35.0. The minimum absolute atomic E-state index is 0.0756. The van der Waals surface area contributed by atoms with Crippen LogP contribution in [-0.4, -0.2) is 58.0 Å². The number of amides is 2. The van der Waals surface area contributed by atoms with Crippen LogP contribution < -0.4 is 19.1 Å². The summed E-state index contributed by atoms with van der Waals surface area (Å²) in [7, 11) is -1.44. The number of halogens is 1. The third-order valence-corrected chi connectivity index (χ3v) is 9.98. The van der Waals surface area contributed by atoms with Crippen molar-refractivity contribution in [3.63, 3.8) is 0 Å². The monoisotopic (exact) mass is 735 g/mol. The number of aryl methyl sites for hydroxylation is 2. The van der Waals surface area contributed by atoms with Crippen molar-refractivity contribution >= 4 is 43.5 Å². The zero-order valence-corrected chi connectivity index (χ0v) is 30.5. The van der Waals surface area contributed by atoms with Crippen molar-refractivity contribution in [1.82, 2.24) is 10.2 Å². The Kier molecular flexibility index (Phi) is 12.3. The Balaban J connectivity index is 1.85. The number of methoxy groups -OCH3 is 2. The highest BCUT2D eigenvalue weighted by atomic mass is 79.9. The molecule has 0 aromatic heterocycles. The molecule has 4 rings (SSSR count). The van der Waals surface area contributed by atoms with Gasteiger partial charge in [-0.1, -0.05) is 64.5 Å². The van der Waals surface area contributed by atoms with Crippen molar-refractivity contribution in [2.45, 2.75) is 57.6 Å². The van der Waals surface area contributed by atoms with Crippen molar-refractivity contribution in [2.24, 2.45) is 0 Å². The number of benzene rings is 4. The summed E-state index contributed by atoms with van der Waals surface area (Å²) in [5, 5.41) is 2.97. The smallest absolute Gasteiger partial charge is 0.264 e. The van der Waals surface area contributed by atoms with Crippen LogP contribution in [0.1, 0.15) is 36.1 Å². The van der Waals surface area contributed by atoms with E-state index in [1.54, 1.807) is 12.1 Å². The van der Waals surface area contributed by atoms with Gasteiger partial charge in [0.25, 0.3) is 10.0 Å². The lowest BCUT2D eigenvalue weighted by Crippen LogP contribution is -2.54. The second-order valence-electron chi connectivity index (χ2n) is 11.9. The number of hydrogen-bond donors (Lipinski definition) is 1. The van der Waals surface area contributed by atoms with Gasteiger partial charge in [0.15, 0.2) is 11.5 Å². The SMILES string of the molecule is COc1ccc(S(=O)(=O)N(CC(=O)N(Cc2ccc(Br)cc2)[C@H](Cc2ccccc2)C(=O)NC(C)C)c2cc(C)cc(C)c2)cc1OC. The van der Waals surface area contributed by atoms with Gasteiger partial charge in [-0.05, 0) is 86.3 Å². The lowest BCUT2D eigenvalue weighted by molar-refractivity contribution is -0.140. The summed E-state index contributed by atoms with van der Waals surface area (Å²) < 4.78 is 41.7. The number of sulfonamides is 1. The van der Waals surface area contributed by atoms with Gasteiger partial charge in [0.1, 0.15) is 12.6 Å². The van der Waals surface area contributed by atoms with Crippen LogP contribution in [0.2, 0.25) is 0 Å². The molecule has 0 fully saturated rings. The fourth-order valence-corrected chi connectivity index (χ4v) is 7.13. The molecule has 0 aliphatic rings. The first kappa shape index (κ1) is 36.5. The number of carbonyl (C=O) groups excluding carboxylic acids is 2. The van der Waals surface area contributed by atoms with Gasteiger partial charge in [-0.3, -0.25) is 13.9 Å². The van der Waals surface area contributed by atoms with Gasteiger partial charge < -0.3 is 19.7 Å². The van der Waals surface area contributed by atoms with E-state index < -0.39 is 28.5 Å². The second-order valence-corrected chi connectivity index (χ2v) is 14.7. The normalized spacial score (nSPS) is 11.9. The number of nitrogens with one attached hydrogen (secondary N) is 1. The van der Waals surface area contributed by atoms with Gasteiger partial charge in [-0.15, -0.1) is 0 Å². The second kappa shape index (κ2) is 16.2. The highest BCUT2D eigenvalue weighted by molar-refractivity contribution is 9.10. The average Bonchev–Trinajstić information content (AvgIpc) is 3.05. The first-order valence-electron chi connectivity index (χ1n) is 15.5. The van der Waals surface area contributed by atoms with E-state index in [1.165, 1.54) is 37.3 Å². The van der Waals surface area contributed by atoms with Crippen LogP contribution in [0.25, 0.3) is 0 Å². The minimum atomic E-state index is -4.33. The van der Waals surface area contributed by atoms with E-state index in [0.29, 0.717) is 11.4 Å². The highest BCUT2D eigenvalue weighted by Crippen LogP contribution is 2.33.